The minimum atomic E-state index is -1.53. The molecule has 5 nitrogen and oxygen atoms in total. The lowest BCUT2D eigenvalue weighted by Crippen LogP contribution is -2.55. The van der Waals surface area contributed by atoms with Crippen molar-refractivity contribution in [2.75, 3.05) is 13.2 Å². The standard InChI is InChI=1S/C13H20N2O3/c1-4-6-7-10(3)15-9-8-13(14,11(15)16)12(17)18-5-2/h4,6-7H,5,8-9,14H2,1-3H3/b6-4-,10-7+. The van der Waals surface area contributed by atoms with Crippen molar-refractivity contribution in [3.8, 4) is 0 Å². The first-order valence-corrected chi connectivity index (χ1v) is 6.05. The molecule has 1 aliphatic heterocycles. The number of esters is 1. The molecule has 5 heteroatoms. The van der Waals surface area contributed by atoms with Crippen LogP contribution in [0.1, 0.15) is 27.2 Å². The van der Waals surface area contributed by atoms with Crippen molar-refractivity contribution in [2.24, 2.45) is 5.73 Å². The zero-order valence-corrected chi connectivity index (χ0v) is 11.1. The first-order valence-electron chi connectivity index (χ1n) is 6.05. The number of hydrogen-bond acceptors (Lipinski definition) is 4. The monoisotopic (exact) mass is 252 g/mol. The summed E-state index contributed by atoms with van der Waals surface area (Å²) in [7, 11) is 0. The number of nitrogens with two attached hydrogens (primary N) is 1. The molecule has 0 saturated carbocycles. The van der Waals surface area contributed by atoms with E-state index in [4.69, 9.17) is 10.5 Å². The fourth-order valence-corrected chi connectivity index (χ4v) is 1.85. The van der Waals surface area contributed by atoms with Gasteiger partial charge in [0.1, 0.15) is 0 Å². The van der Waals surface area contributed by atoms with Gasteiger partial charge >= 0.3 is 5.97 Å². The number of carbonyl (C=O) groups is 2. The molecule has 1 aliphatic rings. The number of carbonyl (C=O) groups excluding carboxylic acids is 2. The molecule has 2 N–H and O–H groups in total. The highest BCUT2D eigenvalue weighted by molar-refractivity contribution is 6.09. The minimum absolute atomic E-state index is 0.221. The Morgan fingerprint density at radius 2 is 2.28 bits per heavy atom. The fourth-order valence-electron chi connectivity index (χ4n) is 1.85. The van der Waals surface area contributed by atoms with Crippen molar-refractivity contribution < 1.29 is 14.3 Å². The highest BCUT2D eigenvalue weighted by atomic mass is 16.5. The molecule has 1 heterocycles. The molecule has 1 rings (SSSR count). The summed E-state index contributed by atoms with van der Waals surface area (Å²) in [4.78, 5) is 25.4. The van der Waals surface area contributed by atoms with Crippen LogP contribution in [0.2, 0.25) is 0 Å². The Morgan fingerprint density at radius 1 is 1.61 bits per heavy atom. The maximum atomic E-state index is 12.2. The van der Waals surface area contributed by atoms with Gasteiger partial charge in [0, 0.05) is 18.7 Å². The molecule has 0 radical (unpaired) electrons. The van der Waals surface area contributed by atoms with E-state index in [1.807, 2.05) is 32.1 Å². The van der Waals surface area contributed by atoms with E-state index in [1.54, 1.807) is 6.92 Å². The molecule has 1 amide bonds. The van der Waals surface area contributed by atoms with E-state index in [0.717, 1.165) is 5.70 Å². The summed E-state index contributed by atoms with van der Waals surface area (Å²) in [6, 6.07) is 0. The SMILES string of the molecule is C/C=C\C=C(/C)N1CCC(N)(C(=O)OCC)C1=O. The van der Waals surface area contributed by atoms with Gasteiger partial charge in [0.05, 0.1) is 6.61 Å². The van der Waals surface area contributed by atoms with Gasteiger partial charge in [0.15, 0.2) is 5.54 Å². The van der Waals surface area contributed by atoms with E-state index in [2.05, 4.69) is 0 Å². The second kappa shape index (κ2) is 5.82. The van der Waals surface area contributed by atoms with E-state index in [9.17, 15) is 9.59 Å². The van der Waals surface area contributed by atoms with Gasteiger partial charge < -0.3 is 15.4 Å². The summed E-state index contributed by atoms with van der Waals surface area (Å²) in [5.74, 6) is -1.03. The smallest absolute Gasteiger partial charge is 0.336 e. The van der Waals surface area contributed by atoms with Crippen LogP contribution in [-0.4, -0.2) is 35.5 Å². The van der Waals surface area contributed by atoms with Gasteiger partial charge in [-0.1, -0.05) is 12.2 Å². The average Bonchev–Trinajstić information content (AvgIpc) is 2.65. The van der Waals surface area contributed by atoms with Crippen molar-refractivity contribution in [3.05, 3.63) is 23.9 Å². The zero-order chi connectivity index (χ0) is 13.8. The fraction of sp³-hybridized carbons (Fsp3) is 0.538. The first kappa shape index (κ1) is 14.4. The highest BCUT2D eigenvalue weighted by Gasteiger charge is 2.51. The Balaban J connectivity index is 2.87. The van der Waals surface area contributed by atoms with E-state index in [-0.39, 0.29) is 18.9 Å². The van der Waals surface area contributed by atoms with Crippen LogP contribution < -0.4 is 5.73 Å². The van der Waals surface area contributed by atoms with E-state index < -0.39 is 11.5 Å². The number of rotatable bonds is 4. The van der Waals surface area contributed by atoms with Crippen LogP contribution in [0.15, 0.2) is 23.9 Å². The van der Waals surface area contributed by atoms with Gasteiger partial charge in [-0.3, -0.25) is 4.79 Å². The molecule has 1 atom stereocenters. The number of amides is 1. The van der Waals surface area contributed by atoms with Crippen molar-refractivity contribution in [3.63, 3.8) is 0 Å². The quantitative estimate of drug-likeness (QED) is 0.459. The van der Waals surface area contributed by atoms with Crippen LogP contribution >= 0.6 is 0 Å². The molecule has 0 aromatic carbocycles. The Bertz CT molecular complexity index is 401. The Morgan fingerprint density at radius 3 is 2.83 bits per heavy atom. The predicted molar refractivity (Wildman–Crippen MR) is 68.5 cm³/mol. The van der Waals surface area contributed by atoms with Crippen LogP contribution in [0, 0.1) is 0 Å². The van der Waals surface area contributed by atoms with Crippen LogP contribution in [0.25, 0.3) is 0 Å². The van der Waals surface area contributed by atoms with E-state index >= 15 is 0 Å². The third-order valence-corrected chi connectivity index (χ3v) is 2.95. The topological polar surface area (TPSA) is 72.6 Å². The number of nitrogens with zero attached hydrogens (tertiary/aromatic N) is 1. The predicted octanol–water partition coefficient (Wildman–Crippen LogP) is 0.959. The summed E-state index contributed by atoms with van der Waals surface area (Å²) < 4.78 is 4.86. The molecule has 0 aromatic heterocycles. The maximum Gasteiger partial charge on any atom is 0.336 e. The average molecular weight is 252 g/mol. The molecular weight excluding hydrogens is 232 g/mol. The molecule has 1 fully saturated rings. The molecular formula is C13H20N2O3. The lowest BCUT2D eigenvalue weighted by atomic mass is 10.00. The summed E-state index contributed by atoms with van der Waals surface area (Å²) in [5.41, 5.74) is 5.12. The molecule has 18 heavy (non-hydrogen) atoms. The van der Waals surface area contributed by atoms with E-state index in [1.165, 1.54) is 4.90 Å². The van der Waals surface area contributed by atoms with E-state index in [0.29, 0.717) is 6.54 Å². The molecule has 0 aliphatic carbocycles. The Labute approximate surface area is 107 Å². The summed E-state index contributed by atoms with van der Waals surface area (Å²) in [6.45, 7) is 6.05. The normalized spacial score (nSPS) is 25.0. The lowest BCUT2D eigenvalue weighted by molar-refractivity contribution is -0.154. The maximum absolute atomic E-state index is 12.2. The number of allylic oxidation sites excluding steroid dienone is 4. The highest BCUT2D eigenvalue weighted by Crippen LogP contribution is 2.25. The summed E-state index contributed by atoms with van der Waals surface area (Å²) in [5, 5.41) is 0. The van der Waals surface area contributed by atoms with Crippen molar-refractivity contribution in [2.45, 2.75) is 32.7 Å². The van der Waals surface area contributed by atoms with Crippen LogP contribution in [-0.2, 0) is 14.3 Å². The number of likely N-dealkylation sites (tertiary alicyclic amines) is 1. The third-order valence-electron chi connectivity index (χ3n) is 2.95. The largest absolute Gasteiger partial charge is 0.464 e. The van der Waals surface area contributed by atoms with Gasteiger partial charge in [0.25, 0.3) is 5.91 Å². The zero-order valence-electron chi connectivity index (χ0n) is 11.1. The Kier molecular flexibility index (Phi) is 4.67. The molecule has 0 spiro atoms. The van der Waals surface area contributed by atoms with Gasteiger partial charge in [-0.15, -0.1) is 0 Å². The number of hydrogen-bond donors (Lipinski definition) is 1. The summed E-state index contributed by atoms with van der Waals surface area (Å²) in [6.07, 6.45) is 5.80. The second-order valence-electron chi connectivity index (χ2n) is 4.23. The van der Waals surface area contributed by atoms with Gasteiger partial charge in [-0.25, -0.2) is 4.79 Å². The van der Waals surface area contributed by atoms with Crippen molar-refractivity contribution in [1.82, 2.24) is 4.90 Å². The second-order valence-corrected chi connectivity index (χ2v) is 4.23. The molecule has 0 aromatic rings. The third kappa shape index (κ3) is 2.61. The first-order chi connectivity index (χ1) is 8.47. The lowest BCUT2D eigenvalue weighted by Gasteiger charge is -2.21. The molecule has 100 valence electrons. The van der Waals surface area contributed by atoms with Crippen LogP contribution in [0.4, 0.5) is 0 Å². The van der Waals surface area contributed by atoms with Gasteiger partial charge in [-0.2, -0.15) is 0 Å². The van der Waals surface area contributed by atoms with Crippen molar-refractivity contribution >= 4 is 11.9 Å². The Hall–Kier alpha value is -1.62. The van der Waals surface area contributed by atoms with Gasteiger partial charge in [-0.05, 0) is 26.8 Å². The number of ether oxygens (including phenoxy) is 1. The molecule has 1 unspecified atom stereocenters. The molecule has 1 saturated heterocycles. The molecule has 0 bridgehead atoms. The van der Waals surface area contributed by atoms with Crippen LogP contribution in [0.3, 0.4) is 0 Å². The minimum Gasteiger partial charge on any atom is -0.464 e. The van der Waals surface area contributed by atoms with Gasteiger partial charge in [0.2, 0.25) is 0 Å². The van der Waals surface area contributed by atoms with Crippen LogP contribution in [0.5, 0.6) is 0 Å². The van der Waals surface area contributed by atoms with Crippen molar-refractivity contribution in [1.29, 1.82) is 0 Å². The summed E-state index contributed by atoms with van der Waals surface area (Å²) >= 11 is 0.